The minimum Gasteiger partial charge on any atom is -0.393 e. The molecule has 1 amide bonds. The molecule has 0 radical (unpaired) electrons. The molecule has 3 fully saturated rings. The summed E-state index contributed by atoms with van der Waals surface area (Å²) < 4.78 is 35.5. The second-order valence-electron chi connectivity index (χ2n) is 11.0. The van der Waals surface area contributed by atoms with E-state index in [1.165, 1.54) is 12.1 Å². The third-order valence-corrected chi connectivity index (χ3v) is 8.37. The third-order valence-electron chi connectivity index (χ3n) is 8.37. The van der Waals surface area contributed by atoms with Gasteiger partial charge in [-0.05, 0) is 63.5 Å². The maximum absolute atomic E-state index is 14.6. The van der Waals surface area contributed by atoms with E-state index in [9.17, 15) is 18.7 Å². The summed E-state index contributed by atoms with van der Waals surface area (Å²) in [5.41, 5.74) is 1.28. The lowest BCUT2D eigenvalue weighted by molar-refractivity contribution is -0.140. The maximum atomic E-state index is 14.6. The number of ether oxygens (including phenoxy) is 1. The number of aromatic nitrogens is 4. The number of hydrogen-bond donors (Lipinski definition) is 3. The Morgan fingerprint density at radius 2 is 1.73 bits per heavy atom. The van der Waals surface area contributed by atoms with E-state index >= 15 is 0 Å². The number of benzene rings is 1. The zero-order valence-electron chi connectivity index (χ0n) is 22.4. The molecule has 6 rings (SSSR count). The highest BCUT2D eigenvalue weighted by molar-refractivity contribution is 5.79. The largest absolute Gasteiger partial charge is 0.393 e. The van der Waals surface area contributed by atoms with Crippen molar-refractivity contribution in [2.75, 3.05) is 36.9 Å². The Balaban J connectivity index is 0.00000337. The van der Waals surface area contributed by atoms with Gasteiger partial charge in [-0.3, -0.25) is 9.36 Å². The van der Waals surface area contributed by atoms with E-state index in [1.54, 1.807) is 6.20 Å². The van der Waals surface area contributed by atoms with Crippen molar-refractivity contribution < 1.29 is 23.4 Å². The summed E-state index contributed by atoms with van der Waals surface area (Å²) in [6, 6.07) is 3.54. The van der Waals surface area contributed by atoms with Gasteiger partial charge in [-0.1, -0.05) is 7.43 Å². The molecule has 222 valence electrons. The van der Waals surface area contributed by atoms with E-state index in [1.807, 2.05) is 9.47 Å². The van der Waals surface area contributed by atoms with Crippen LogP contribution in [-0.2, 0) is 9.53 Å². The molecule has 41 heavy (non-hydrogen) atoms. The molecule has 2 saturated carbocycles. The van der Waals surface area contributed by atoms with Crippen LogP contribution in [0.25, 0.3) is 11.2 Å². The minimum atomic E-state index is -0.716. The SMILES string of the molecule is C.O=C(C1CCC(n2c(Nc3ccc(F)cc3F)nc3cnc(NC4CCC(O)CC4)nc32)CC1)N1CCOCC1. The van der Waals surface area contributed by atoms with Crippen molar-refractivity contribution in [3.8, 4) is 0 Å². The third kappa shape index (κ3) is 6.43. The van der Waals surface area contributed by atoms with Crippen molar-refractivity contribution in [3.05, 3.63) is 36.0 Å². The van der Waals surface area contributed by atoms with E-state index in [0.717, 1.165) is 57.4 Å². The van der Waals surface area contributed by atoms with Crippen molar-refractivity contribution in [3.63, 3.8) is 0 Å². The summed E-state index contributed by atoms with van der Waals surface area (Å²) in [6.45, 7) is 2.42. The molecule has 10 nitrogen and oxygen atoms in total. The van der Waals surface area contributed by atoms with Crippen molar-refractivity contribution in [2.24, 2.45) is 5.92 Å². The first-order valence-electron chi connectivity index (χ1n) is 14.2. The number of aliphatic hydroxyl groups excluding tert-OH is 1. The Morgan fingerprint density at radius 1 is 1.00 bits per heavy atom. The molecule has 1 aliphatic heterocycles. The topological polar surface area (TPSA) is 117 Å². The zero-order valence-corrected chi connectivity index (χ0v) is 22.4. The quantitative estimate of drug-likeness (QED) is 0.387. The van der Waals surface area contributed by atoms with E-state index in [4.69, 9.17) is 9.72 Å². The Morgan fingerprint density at radius 3 is 2.44 bits per heavy atom. The van der Waals surface area contributed by atoms with E-state index < -0.39 is 11.6 Å². The molecule has 3 heterocycles. The summed E-state index contributed by atoms with van der Waals surface area (Å²) in [7, 11) is 0. The number of carbonyl (C=O) groups excluding carboxylic acids is 1. The molecule has 3 N–H and O–H groups in total. The summed E-state index contributed by atoms with van der Waals surface area (Å²) in [6.07, 6.45) is 7.46. The number of rotatable bonds is 6. The van der Waals surface area contributed by atoms with Crippen LogP contribution in [0.4, 0.5) is 26.4 Å². The Hall–Kier alpha value is -3.38. The minimum absolute atomic E-state index is 0. The number of aliphatic hydroxyl groups is 1. The molecule has 0 atom stereocenters. The number of nitrogens with one attached hydrogen (secondary N) is 2. The van der Waals surface area contributed by atoms with Gasteiger partial charge in [0.15, 0.2) is 5.65 Å². The van der Waals surface area contributed by atoms with E-state index in [0.29, 0.717) is 49.4 Å². The summed E-state index contributed by atoms with van der Waals surface area (Å²) in [5, 5.41) is 16.3. The lowest BCUT2D eigenvalue weighted by Gasteiger charge is -2.34. The van der Waals surface area contributed by atoms with Crippen molar-refractivity contribution in [1.29, 1.82) is 0 Å². The Labute approximate surface area is 238 Å². The average Bonchev–Trinajstić information content (AvgIpc) is 3.33. The van der Waals surface area contributed by atoms with Crippen LogP contribution in [0.2, 0.25) is 0 Å². The Bertz CT molecular complexity index is 1350. The number of halogens is 2. The highest BCUT2D eigenvalue weighted by Gasteiger charge is 2.33. The molecule has 1 aromatic carbocycles. The van der Waals surface area contributed by atoms with Crippen molar-refractivity contribution in [2.45, 2.75) is 77.0 Å². The molecule has 2 aromatic heterocycles. The van der Waals surface area contributed by atoms with Gasteiger partial charge >= 0.3 is 0 Å². The number of anilines is 3. The molecule has 1 saturated heterocycles. The second-order valence-corrected chi connectivity index (χ2v) is 11.0. The monoisotopic (exact) mass is 571 g/mol. The Kier molecular flexibility index (Phi) is 8.98. The van der Waals surface area contributed by atoms with Gasteiger partial charge in [0.25, 0.3) is 0 Å². The first-order chi connectivity index (χ1) is 19.4. The number of morpholine rings is 1. The summed E-state index contributed by atoms with van der Waals surface area (Å²) in [5.74, 6) is -0.344. The van der Waals surface area contributed by atoms with Crippen LogP contribution in [0, 0.1) is 17.6 Å². The standard InChI is InChI=1S/C28H35F2N7O3.CH4/c29-18-3-10-23(22(30)15-18)33-28-34-24-16-31-27(32-19-4-8-21(38)9-5-19)35-25(24)37(28)20-6-1-17(2-7-20)26(39)36-11-13-40-14-12-36;/h3,10,15-17,19-21,38H,1-2,4-9,11-14H2,(H,33,34)(H,31,32,35);1H4. The lowest BCUT2D eigenvalue weighted by atomic mass is 9.85. The average molecular weight is 572 g/mol. The fourth-order valence-electron chi connectivity index (χ4n) is 6.13. The van der Waals surface area contributed by atoms with Gasteiger partial charge in [0.1, 0.15) is 17.2 Å². The number of hydrogen-bond acceptors (Lipinski definition) is 8. The van der Waals surface area contributed by atoms with Crippen LogP contribution in [0.5, 0.6) is 0 Å². The van der Waals surface area contributed by atoms with Crippen molar-refractivity contribution in [1.82, 2.24) is 24.4 Å². The highest BCUT2D eigenvalue weighted by atomic mass is 19.1. The normalized spacial score (nSPS) is 25.0. The van der Waals surface area contributed by atoms with Crippen LogP contribution < -0.4 is 10.6 Å². The zero-order chi connectivity index (χ0) is 27.6. The predicted octanol–water partition coefficient (Wildman–Crippen LogP) is 4.79. The number of fused-ring (bicyclic) bond motifs is 1. The van der Waals surface area contributed by atoms with Crippen LogP contribution in [-0.4, -0.2) is 73.9 Å². The van der Waals surface area contributed by atoms with Crippen LogP contribution in [0.3, 0.4) is 0 Å². The number of carbonyl (C=O) groups is 1. The fraction of sp³-hybridized carbons (Fsp3) is 0.586. The van der Waals surface area contributed by atoms with E-state index in [-0.39, 0.29) is 43.1 Å². The fourth-order valence-corrected chi connectivity index (χ4v) is 6.13. The van der Waals surface area contributed by atoms with Crippen molar-refractivity contribution >= 4 is 34.7 Å². The first kappa shape index (κ1) is 29.1. The van der Waals surface area contributed by atoms with Gasteiger partial charge in [-0.2, -0.15) is 4.98 Å². The van der Waals surface area contributed by atoms with Gasteiger partial charge in [0.2, 0.25) is 17.8 Å². The molecular weight excluding hydrogens is 532 g/mol. The van der Waals surface area contributed by atoms with Crippen LogP contribution in [0.15, 0.2) is 24.4 Å². The molecule has 2 aliphatic carbocycles. The highest BCUT2D eigenvalue weighted by Crippen LogP contribution is 2.38. The van der Waals surface area contributed by atoms with Gasteiger partial charge in [-0.15, -0.1) is 0 Å². The van der Waals surface area contributed by atoms with Gasteiger partial charge in [-0.25, -0.2) is 18.7 Å². The van der Waals surface area contributed by atoms with Gasteiger partial charge in [0, 0.05) is 37.2 Å². The predicted molar refractivity (Wildman–Crippen MR) is 152 cm³/mol. The second kappa shape index (κ2) is 12.6. The number of nitrogens with zero attached hydrogens (tertiary/aromatic N) is 5. The molecule has 0 bridgehead atoms. The smallest absolute Gasteiger partial charge is 0.225 e. The molecule has 0 spiro atoms. The van der Waals surface area contributed by atoms with Gasteiger partial charge < -0.3 is 25.4 Å². The first-order valence-corrected chi connectivity index (χ1v) is 14.2. The van der Waals surface area contributed by atoms with Gasteiger partial charge in [0.05, 0.1) is 31.2 Å². The summed E-state index contributed by atoms with van der Waals surface area (Å²) in [4.78, 5) is 29.0. The molecule has 3 aromatic rings. The summed E-state index contributed by atoms with van der Waals surface area (Å²) >= 11 is 0. The molecule has 0 unspecified atom stereocenters. The van der Waals surface area contributed by atoms with E-state index in [2.05, 4.69) is 20.6 Å². The lowest BCUT2D eigenvalue weighted by Crippen LogP contribution is -2.44. The maximum Gasteiger partial charge on any atom is 0.225 e. The molecular formula is C29H39F2N7O3. The van der Waals surface area contributed by atoms with Crippen LogP contribution >= 0.6 is 0 Å². The number of amides is 1. The van der Waals surface area contributed by atoms with Crippen LogP contribution in [0.1, 0.15) is 64.8 Å². The number of imidazole rings is 1. The molecule has 3 aliphatic rings. The molecule has 12 heteroatoms.